The number of hydrogen-bond donors (Lipinski definition) is 2. The molecular weight excluding hydrogens is 284 g/mol. The van der Waals surface area contributed by atoms with E-state index >= 15 is 0 Å². The number of sulfonamides is 1. The predicted molar refractivity (Wildman–Crippen MR) is 85.8 cm³/mol. The number of nitrogens with two attached hydrogens (primary N) is 1. The van der Waals surface area contributed by atoms with Gasteiger partial charge < -0.3 is 5.32 Å². The largest absolute Gasteiger partial charge is 0.381 e. The maximum absolute atomic E-state index is 11.4. The van der Waals surface area contributed by atoms with E-state index in [1.165, 1.54) is 22.8 Å². The molecule has 0 saturated carbocycles. The van der Waals surface area contributed by atoms with E-state index in [1.54, 1.807) is 12.1 Å². The minimum absolute atomic E-state index is 0.122. The lowest BCUT2D eigenvalue weighted by Gasteiger charge is -2.13. The van der Waals surface area contributed by atoms with Crippen LogP contribution in [0.1, 0.15) is 22.3 Å². The van der Waals surface area contributed by atoms with Crippen molar-refractivity contribution in [2.24, 2.45) is 5.14 Å². The molecule has 0 saturated heterocycles. The zero-order valence-electron chi connectivity index (χ0n) is 12.5. The second-order valence-corrected chi connectivity index (χ2v) is 6.80. The van der Waals surface area contributed by atoms with E-state index < -0.39 is 10.0 Å². The molecule has 2 rings (SSSR count). The molecule has 112 valence electrons. The summed E-state index contributed by atoms with van der Waals surface area (Å²) >= 11 is 0. The topological polar surface area (TPSA) is 72.2 Å². The number of aryl methyl sites for hydroxylation is 2. The molecule has 0 aliphatic carbocycles. The fourth-order valence-electron chi connectivity index (χ4n) is 2.16. The van der Waals surface area contributed by atoms with Crippen molar-refractivity contribution in [3.8, 4) is 0 Å². The summed E-state index contributed by atoms with van der Waals surface area (Å²) < 4.78 is 22.8. The number of anilines is 1. The number of hydrogen-bond acceptors (Lipinski definition) is 3. The van der Waals surface area contributed by atoms with Crippen LogP contribution in [0.25, 0.3) is 0 Å². The fourth-order valence-corrected chi connectivity index (χ4v) is 2.70. The van der Waals surface area contributed by atoms with E-state index in [-0.39, 0.29) is 4.90 Å². The highest BCUT2D eigenvalue weighted by atomic mass is 32.2. The molecule has 4 nitrogen and oxygen atoms in total. The number of rotatable bonds is 4. The summed E-state index contributed by atoms with van der Waals surface area (Å²) in [6, 6.07) is 11.0. The molecule has 0 heterocycles. The van der Waals surface area contributed by atoms with Crippen LogP contribution in [-0.4, -0.2) is 8.42 Å². The van der Waals surface area contributed by atoms with Crippen LogP contribution in [0.4, 0.5) is 5.69 Å². The average molecular weight is 304 g/mol. The van der Waals surface area contributed by atoms with Gasteiger partial charge in [0.1, 0.15) is 0 Å². The molecule has 2 aromatic rings. The van der Waals surface area contributed by atoms with Crippen LogP contribution >= 0.6 is 0 Å². The van der Waals surface area contributed by atoms with E-state index in [0.29, 0.717) is 6.54 Å². The van der Waals surface area contributed by atoms with E-state index in [0.717, 1.165) is 11.3 Å². The Kier molecular flexibility index (Phi) is 4.34. The van der Waals surface area contributed by atoms with Crippen LogP contribution in [0.2, 0.25) is 0 Å². The molecule has 0 aromatic heterocycles. The molecule has 0 aliphatic heterocycles. The first-order valence-electron chi connectivity index (χ1n) is 6.71. The Morgan fingerprint density at radius 1 is 1.05 bits per heavy atom. The van der Waals surface area contributed by atoms with Gasteiger partial charge in [0.25, 0.3) is 0 Å². The van der Waals surface area contributed by atoms with Crippen molar-refractivity contribution in [2.45, 2.75) is 32.2 Å². The van der Waals surface area contributed by atoms with Gasteiger partial charge in [0.2, 0.25) is 10.0 Å². The van der Waals surface area contributed by atoms with Gasteiger partial charge in [-0.25, -0.2) is 13.6 Å². The normalized spacial score (nSPS) is 11.4. The minimum atomic E-state index is -3.68. The summed E-state index contributed by atoms with van der Waals surface area (Å²) in [6.45, 7) is 6.73. The van der Waals surface area contributed by atoms with Gasteiger partial charge in [0.05, 0.1) is 4.90 Å². The fraction of sp³-hybridized carbons (Fsp3) is 0.250. The van der Waals surface area contributed by atoms with Crippen LogP contribution in [-0.2, 0) is 16.6 Å². The summed E-state index contributed by atoms with van der Waals surface area (Å²) in [5.41, 5.74) is 5.43. The van der Waals surface area contributed by atoms with Crippen molar-refractivity contribution in [3.05, 3.63) is 58.7 Å². The zero-order chi connectivity index (χ0) is 15.6. The molecule has 0 fully saturated rings. The van der Waals surface area contributed by atoms with Crippen LogP contribution in [0.15, 0.2) is 41.3 Å². The molecule has 0 amide bonds. The highest BCUT2D eigenvalue weighted by molar-refractivity contribution is 7.89. The zero-order valence-corrected chi connectivity index (χ0v) is 13.3. The van der Waals surface area contributed by atoms with E-state index in [4.69, 9.17) is 5.14 Å². The van der Waals surface area contributed by atoms with E-state index in [2.05, 4.69) is 31.3 Å². The van der Waals surface area contributed by atoms with Gasteiger partial charge in [0.15, 0.2) is 0 Å². The molecule has 0 bridgehead atoms. The first kappa shape index (κ1) is 15.5. The van der Waals surface area contributed by atoms with Gasteiger partial charge in [-0.2, -0.15) is 0 Å². The Labute approximate surface area is 126 Å². The Morgan fingerprint density at radius 2 is 1.76 bits per heavy atom. The van der Waals surface area contributed by atoms with Gasteiger partial charge in [-0.05, 0) is 55.2 Å². The molecule has 0 aliphatic rings. The van der Waals surface area contributed by atoms with Gasteiger partial charge in [0, 0.05) is 12.2 Å². The lowest BCUT2D eigenvalue weighted by molar-refractivity contribution is 0.598. The van der Waals surface area contributed by atoms with E-state index in [1.807, 2.05) is 13.0 Å². The van der Waals surface area contributed by atoms with Crippen molar-refractivity contribution in [2.75, 3.05) is 5.32 Å². The van der Waals surface area contributed by atoms with Crippen molar-refractivity contribution in [3.63, 3.8) is 0 Å². The summed E-state index contributed by atoms with van der Waals surface area (Å²) in [7, 11) is -3.68. The average Bonchev–Trinajstić information content (AvgIpc) is 2.40. The highest BCUT2D eigenvalue weighted by Gasteiger charge is 2.10. The number of primary sulfonamides is 1. The number of benzene rings is 2. The molecule has 0 unspecified atom stereocenters. The van der Waals surface area contributed by atoms with Crippen molar-refractivity contribution in [1.82, 2.24) is 0 Å². The summed E-state index contributed by atoms with van der Waals surface area (Å²) in [6.07, 6.45) is 0. The lowest BCUT2D eigenvalue weighted by atomic mass is 10.0. The van der Waals surface area contributed by atoms with Gasteiger partial charge >= 0.3 is 0 Å². The Morgan fingerprint density at radius 3 is 2.43 bits per heavy atom. The minimum Gasteiger partial charge on any atom is -0.381 e. The maximum atomic E-state index is 11.4. The summed E-state index contributed by atoms with van der Waals surface area (Å²) in [4.78, 5) is 0.122. The first-order valence-corrected chi connectivity index (χ1v) is 8.26. The molecule has 3 N–H and O–H groups in total. The van der Waals surface area contributed by atoms with Gasteiger partial charge in [-0.3, -0.25) is 0 Å². The molecule has 5 heteroatoms. The standard InChI is InChI=1S/C16H20N2O2S/c1-11-5-4-6-14(13(11)3)10-18-16-9-15(21(17,19)20)8-7-12(16)2/h4-9,18H,10H2,1-3H3,(H2,17,19,20). The second kappa shape index (κ2) is 5.87. The lowest BCUT2D eigenvalue weighted by Crippen LogP contribution is -2.13. The van der Waals surface area contributed by atoms with Crippen LogP contribution in [0, 0.1) is 20.8 Å². The Balaban J connectivity index is 2.26. The molecular formula is C16H20N2O2S. The third-order valence-corrected chi connectivity index (χ3v) is 4.63. The smallest absolute Gasteiger partial charge is 0.238 e. The SMILES string of the molecule is Cc1ccc(S(N)(=O)=O)cc1NCc1cccc(C)c1C. The summed E-state index contributed by atoms with van der Waals surface area (Å²) in [5, 5.41) is 8.46. The van der Waals surface area contributed by atoms with Crippen LogP contribution < -0.4 is 10.5 Å². The molecule has 2 aromatic carbocycles. The monoisotopic (exact) mass is 304 g/mol. The predicted octanol–water partition coefficient (Wildman–Crippen LogP) is 2.87. The van der Waals surface area contributed by atoms with Crippen molar-refractivity contribution < 1.29 is 8.42 Å². The van der Waals surface area contributed by atoms with Gasteiger partial charge in [-0.1, -0.05) is 24.3 Å². The highest BCUT2D eigenvalue weighted by Crippen LogP contribution is 2.21. The maximum Gasteiger partial charge on any atom is 0.238 e. The third kappa shape index (κ3) is 3.62. The summed E-state index contributed by atoms with van der Waals surface area (Å²) in [5.74, 6) is 0. The quantitative estimate of drug-likeness (QED) is 0.912. The van der Waals surface area contributed by atoms with Gasteiger partial charge in [-0.15, -0.1) is 0 Å². The van der Waals surface area contributed by atoms with Crippen LogP contribution in [0.3, 0.4) is 0 Å². The Hall–Kier alpha value is -1.85. The van der Waals surface area contributed by atoms with Crippen molar-refractivity contribution >= 4 is 15.7 Å². The van der Waals surface area contributed by atoms with Crippen molar-refractivity contribution in [1.29, 1.82) is 0 Å². The first-order chi connectivity index (χ1) is 9.79. The Bertz CT molecular complexity index is 768. The van der Waals surface area contributed by atoms with Crippen LogP contribution in [0.5, 0.6) is 0 Å². The third-order valence-electron chi connectivity index (χ3n) is 3.72. The molecule has 21 heavy (non-hydrogen) atoms. The number of nitrogens with one attached hydrogen (secondary N) is 1. The molecule has 0 atom stereocenters. The molecule has 0 spiro atoms. The second-order valence-electron chi connectivity index (χ2n) is 5.23. The molecule has 0 radical (unpaired) electrons. The van der Waals surface area contributed by atoms with E-state index in [9.17, 15) is 8.42 Å².